The minimum atomic E-state index is -4.54. The molecule has 0 N–H and O–H groups in total. The van der Waals surface area contributed by atoms with Gasteiger partial charge in [0, 0.05) is 10.7 Å². The van der Waals surface area contributed by atoms with Crippen LogP contribution in [0.4, 0.5) is 13.2 Å². The van der Waals surface area contributed by atoms with Gasteiger partial charge in [0.15, 0.2) is 5.82 Å². The van der Waals surface area contributed by atoms with Crippen molar-refractivity contribution in [2.24, 2.45) is 0 Å². The van der Waals surface area contributed by atoms with Gasteiger partial charge in [0.05, 0.1) is 5.56 Å². The van der Waals surface area contributed by atoms with E-state index >= 15 is 0 Å². The standard InChI is InChI=1S/C6H2Cl2F3NO2S/c7-3-1-2(5(10)11)4(9)6(12-3)15(8,13)14/h1,5H. The molecule has 0 unspecified atom stereocenters. The maximum absolute atomic E-state index is 13.1. The zero-order chi connectivity index (χ0) is 11.8. The van der Waals surface area contributed by atoms with Gasteiger partial charge < -0.3 is 0 Å². The molecule has 0 aliphatic carbocycles. The molecule has 0 saturated heterocycles. The highest BCUT2D eigenvalue weighted by Gasteiger charge is 2.26. The Bertz CT molecular complexity index is 491. The lowest BCUT2D eigenvalue weighted by Crippen LogP contribution is -2.04. The third-order valence-corrected chi connectivity index (χ3v) is 2.75. The molecule has 1 aromatic rings. The molecular formula is C6H2Cl2F3NO2S. The summed E-state index contributed by atoms with van der Waals surface area (Å²) in [4.78, 5) is 3.02. The van der Waals surface area contributed by atoms with Crippen molar-refractivity contribution in [2.75, 3.05) is 0 Å². The number of halogens is 5. The largest absolute Gasteiger partial charge is 0.281 e. The van der Waals surface area contributed by atoms with Crippen molar-refractivity contribution >= 4 is 31.3 Å². The molecule has 84 valence electrons. The number of pyridine rings is 1. The smallest absolute Gasteiger partial charge is 0.220 e. The van der Waals surface area contributed by atoms with Gasteiger partial charge >= 0.3 is 0 Å². The molecule has 0 fully saturated rings. The Morgan fingerprint density at radius 2 is 1.93 bits per heavy atom. The number of aromatic nitrogens is 1. The Kier molecular flexibility index (Phi) is 3.47. The second kappa shape index (κ2) is 4.15. The Morgan fingerprint density at radius 1 is 1.40 bits per heavy atom. The average molecular weight is 280 g/mol. The molecule has 0 atom stereocenters. The molecule has 1 aromatic heterocycles. The van der Waals surface area contributed by atoms with Crippen LogP contribution in [0.15, 0.2) is 11.1 Å². The lowest BCUT2D eigenvalue weighted by molar-refractivity contribution is 0.145. The second-order valence-corrected chi connectivity index (χ2v) is 5.26. The van der Waals surface area contributed by atoms with Crippen molar-refractivity contribution in [1.29, 1.82) is 0 Å². The molecule has 3 nitrogen and oxygen atoms in total. The number of hydrogen-bond donors (Lipinski definition) is 0. The van der Waals surface area contributed by atoms with Crippen molar-refractivity contribution in [3.05, 3.63) is 22.6 Å². The van der Waals surface area contributed by atoms with Gasteiger partial charge in [-0.3, -0.25) is 0 Å². The van der Waals surface area contributed by atoms with Crippen LogP contribution in [0.2, 0.25) is 5.15 Å². The van der Waals surface area contributed by atoms with Crippen LogP contribution in [0, 0.1) is 5.82 Å². The van der Waals surface area contributed by atoms with Crippen LogP contribution in [0.5, 0.6) is 0 Å². The fourth-order valence-corrected chi connectivity index (χ4v) is 1.91. The Hall–Kier alpha value is -0.530. The number of alkyl halides is 2. The molecule has 0 aliphatic heterocycles. The van der Waals surface area contributed by atoms with E-state index in [4.69, 9.17) is 22.3 Å². The van der Waals surface area contributed by atoms with Crippen LogP contribution in [0.1, 0.15) is 12.0 Å². The molecule has 0 spiro atoms. The summed E-state index contributed by atoms with van der Waals surface area (Å²) < 4.78 is 59.0. The van der Waals surface area contributed by atoms with Crippen LogP contribution < -0.4 is 0 Å². The average Bonchev–Trinajstić information content (AvgIpc) is 2.06. The minimum absolute atomic E-state index is 0.535. The van der Waals surface area contributed by atoms with Gasteiger partial charge in [0.25, 0.3) is 15.5 Å². The maximum Gasteiger partial charge on any atom is 0.281 e. The van der Waals surface area contributed by atoms with Crippen molar-refractivity contribution in [1.82, 2.24) is 4.98 Å². The Balaban J connectivity index is 3.56. The normalized spacial score (nSPS) is 12.1. The van der Waals surface area contributed by atoms with Crippen LogP contribution in [-0.4, -0.2) is 13.4 Å². The molecular weight excluding hydrogens is 278 g/mol. The van der Waals surface area contributed by atoms with E-state index in [1.54, 1.807) is 0 Å². The van der Waals surface area contributed by atoms with Gasteiger partial charge in [0.2, 0.25) is 5.03 Å². The van der Waals surface area contributed by atoms with Gasteiger partial charge in [-0.25, -0.2) is 26.6 Å². The molecule has 1 rings (SSSR count). The van der Waals surface area contributed by atoms with Gasteiger partial charge in [-0.1, -0.05) is 11.6 Å². The Labute approximate surface area is 92.2 Å². The molecule has 15 heavy (non-hydrogen) atoms. The lowest BCUT2D eigenvalue weighted by Gasteiger charge is -2.05. The summed E-state index contributed by atoms with van der Waals surface area (Å²) in [5, 5.41) is -1.88. The molecule has 0 saturated carbocycles. The summed E-state index contributed by atoms with van der Waals surface area (Å²) in [6.45, 7) is 0. The van der Waals surface area contributed by atoms with Crippen molar-refractivity contribution in [3.8, 4) is 0 Å². The monoisotopic (exact) mass is 279 g/mol. The first-order chi connectivity index (χ1) is 6.73. The molecule has 0 amide bonds. The van der Waals surface area contributed by atoms with Gasteiger partial charge in [0.1, 0.15) is 5.15 Å². The van der Waals surface area contributed by atoms with E-state index in [2.05, 4.69) is 4.98 Å². The van der Waals surface area contributed by atoms with E-state index in [1.807, 2.05) is 0 Å². The van der Waals surface area contributed by atoms with E-state index < -0.39 is 37.0 Å². The molecule has 1 heterocycles. The fraction of sp³-hybridized carbons (Fsp3) is 0.167. The molecule has 0 radical (unpaired) electrons. The minimum Gasteiger partial charge on any atom is -0.220 e. The predicted octanol–water partition coefficient (Wildman–Crippen LogP) is 2.74. The quantitative estimate of drug-likeness (QED) is 0.618. The van der Waals surface area contributed by atoms with E-state index in [0.29, 0.717) is 6.07 Å². The van der Waals surface area contributed by atoms with Crippen molar-refractivity contribution in [3.63, 3.8) is 0 Å². The predicted molar refractivity (Wildman–Crippen MR) is 47.2 cm³/mol. The summed E-state index contributed by atoms with van der Waals surface area (Å²) >= 11 is 5.24. The summed E-state index contributed by atoms with van der Waals surface area (Å²) in [6, 6.07) is 0.535. The topological polar surface area (TPSA) is 47.0 Å². The van der Waals surface area contributed by atoms with Crippen LogP contribution in [-0.2, 0) is 9.05 Å². The summed E-state index contributed by atoms with van der Waals surface area (Å²) in [7, 11) is 0.235. The highest BCUT2D eigenvalue weighted by Crippen LogP contribution is 2.29. The molecule has 0 aliphatic rings. The highest BCUT2D eigenvalue weighted by molar-refractivity contribution is 8.13. The fourth-order valence-electron chi connectivity index (χ4n) is 0.814. The Morgan fingerprint density at radius 3 is 2.33 bits per heavy atom. The molecule has 0 aromatic carbocycles. The first-order valence-electron chi connectivity index (χ1n) is 3.32. The molecule has 9 heteroatoms. The third-order valence-electron chi connectivity index (χ3n) is 1.39. The molecule has 0 bridgehead atoms. The number of hydrogen-bond acceptors (Lipinski definition) is 3. The summed E-state index contributed by atoms with van der Waals surface area (Å²) in [5.74, 6) is -1.69. The van der Waals surface area contributed by atoms with Crippen LogP contribution in [0.3, 0.4) is 0 Å². The number of nitrogens with zero attached hydrogens (tertiary/aromatic N) is 1. The van der Waals surface area contributed by atoms with E-state index in [1.165, 1.54) is 0 Å². The van der Waals surface area contributed by atoms with Gasteiger partial charge in [-0.2, -0.15) is 0 Å². The second-order valence-electron chi connectivity index (χ2n) is 2.39. The number of rotatable bonds is 2. The summed E-state index contributed by atoms with van der Waals surface area (Å²) in [5.41, 5.74) is -1.16. The SMILES string of the molecule is O=S(=O)(Cl)c1nc(Cl)cc(C(F)F)c1F. The van der Waals surface area contributed by atoms with E-state index in [0.717, 1.165) is 0 Å². The van der Waals surface area contributed by atoms with E-state index in [-0.39, 0.29) is 0 Å². The highest BCUT2D eigenvalue weighted by atomic mass is 35.7. The van der Waals surface area contributed by atoms with Gasteiger partial charge in [-0.15, -0.1) is 0 Å². The summed E-state index contributed by atoms with van der Waals surface area (Å²) in [6.07, 6.45) is -3.21. The zero-order valence-corrected chi connectivity index (χ0v) is 9.04. The van der Waals surface area contributed by atoms with Crippen molar-refractivity contribution in [2.45, 2.75) is 11.5 Å². The van der Waals surface area contributed by atoms with Crippen LogP contribution in [0.25, 0.3) is 0 Å². The first-order valence-corrected chi connectivity index (χ1v) is 6.01. The van der Waals surface area contributed by atoms with E-state index in [9.17, 15) is 21.6 Å². The van der Waals surface area contributed by atoms with Crippen LogP contribution >= 0.6 is 22.3 Å². The van der Waals surface area contributed by atoms with Crippen molar-refractivity contribution < 1.29 is 21.6 Å². The first kappa shape index (κ1) is 12.5. The third kappa shape index (κ3) is 2.73. The van der Waals surface area contributed by atoms with Gasteiger partial charge in [-0.05, 0) is 6.07 Å². The zero-order valence-electron chi connectivity index (χ0n) is 6.72. The maximum atomic E-state index is 13.1. The lowest BCUT2D eigenvalue weighted by atomic mass is 10.3.